The molecule has 0 radical (unpaired) electrons. The number of nitrogens with zero attached hydrogens (tertiary/aromatic N) is 2. The highest BCUT2D eigenvalue weighted by Crippen LogP contribution is 2.31. The standard InChI is InChI=1S/C23H28N4O3/c1-15-9-11-18(12-10-15)24-23(30)17(3)26(4)14-22(29)27-16(2)13-21(28)25-19-7-5-6-8-20(19)27/h5-12,16-17H,13-14H2,1-4H3,(H,24,30)(H,25,28)/t16-,17+/m0/s1. The number of carbonyl (C=O) groups is 3. The van der Waals surface area contributed by atoms with E-state index in [0.29, 0.717) is 11.4 Å². The summed E-state index contributed by atoms with van der Waals surface area (Å²) in [6.07, 6.45) is 0.216. The van der Waals surface area contributed by atoms with Crippen LogP contribution in [0.25, 0.3) is 0 Å². The van der Waals surface area contributed by atoms with Gasteiger partial charge < -0.3 is 15.5 Å². The zero-order valence-corrected chi connectivity index (χ0v) is 17.8. The third-order valence-electron chi connectivity index (χ3n) is 5.37. The van der Waals surface area contributed by atoms with E-state index in [1.807, 2.05) is 56.3 Å². The fourth-order valence-corrected chi connectivity index (χ4v) is 3.48. The predicted molar refractivity (Wildman–Crippen MR) is 119 cm³/mol. The van der Waals surface area contributed by atoms with Gasteiger partial charge in [0, 0.05) is 18.2 Å². The summed E-state index contributed by atoms with van der Waals surface area (Å²) >= 11 is 0. The largest absolute Gasteiger partial charge is 0.325 e. The number of nitrogens with one attached hydrogen (secondary N) is 2. The average molecular weight is 409 g/mol. The molecule has 2 atom stereocenters. The Kier molecular flexibility index (Phi) is 6.52. The van der Waals surface area contributed by atoms with E-state index >= 15 is 0 Å². The Balaban J connectivity index is 1.70. The van der Waals surface area contributed by atoms with Gasteiger partial charge in [-0.05, 0) is 52.1 Å². The van der Waals surface area contributed by atoms with Crippen LogP contribution in [0.4, 0.5) is 17.1 Å². The van der Waals surface area contributed by atoms with Gasteiger partial charge in [-0.1, -0.05) is 29.8 Å². The van der Waals surface area contributed by atoms with Gasteiger partial charge in [0.05, 0.1) is 24.0 Å². The van der Waals surface area contributed by atoms with Gasteiger partial charge in [-0.25, -0.2) is 0 Å². The van der Waals surface area contributed by atoms with Gasteiger partial charge in [0.1, 0.15) is 0 Å². The Hall–Kier alpha value is -3.19. The van der Waals surface area contributed by atoms with Crippen LogP contribution in [0.1, 0.15) is 25.8 Å². The number of fused-ring (bicyclic) bond motifs is 1. The van der Waals surface area contributed by atoms with E-state index < -0.39 is 6.04 Å². The summed E-state index contributed by atoms with van der Waals surface area (Å²) in [5.41, 5.74) is 3.12. The number of rotatable bonds is 5. The molecule has 0 aromatic heterocycles. The molecule has 7 nitrogen and oxygen atoms in total. The monoisotopic (exact) mass is 408 g/mol. The molecule has 0 fully saturated rings. The smallest absolute Gasteiger partial charge is 0.241 e. The van der Waals surface area contributed by atoms with Crippen molar-refractivity contribution in [2.24, 2.45) is 0 Å². The zero-order chi connectivity index (χ0) is 21.8. The summed E-state index contributed by atoms with van der Waals surface area (Å²) in [7, 11) is 1.75. The van der Waals surface area contributed by atoms with E-state index in [0.717, 1.165) is 11.3 Å². The molecule has 0 saturated carbocycles. The van der Waals surface area contributed by atoms with Gasteiger partial charge in [-0.15, -0.1) is 0 Å². The fraction of sp³-hybridized carbons (Fsp3) is 0.348. The predicted octanol–water partition coefficient (Wildman–Crippen LogP) is 3.02. The Labute approximate surface area is 177 Å². The highest BCUT2D eigenvalue weighted by atomic mass is 16.2. The molecule has 0 unspecified atom stereocenters. The molecule has 0 bridgehead atoms. The number of carbonyl (C=O) groups excluding carboxylic acids is 3. The van der Waals surface area contributed by atoms with E-state index in [2.05, 4.69) is 10.6 Å². The average Bonchev–Trinajstić information content (AvgIpc) is 2.83. The highest BCUT2D eigenvalue weighted by Gasteiger charge is 2.31. The SMILES string of the molecule is Cc1ccc(NC(=O)[C@@H](C)N(C)CC(=O)N2c3ccccc3NC(=O)C[C@@H]2C)cc1. The van der Waals surface area contributed by atoms with Crippen LogP contribution < -0.4 is 15.5 Å². The van der Waals surface area contributed by atoms with E-state index in [-0.39, 0.29) is 36.7 Å². The van der Waals surface area contributed by atoms with Crippen LogP contribution in [0, 0.1) is 6.92 Å². The molecule has 0 spiro atoms. The van der Waals surface area contributed by atoms with Crippen LogP contribution >= 0.6 is 0 Å². The molecular weight excluding hydrogens is 380 g/mol. The molecule has 0 saturated heterocycles. The van der Waals surface area contributed by atoms with Crippen molar-refractivity contribution < 1.29 is 14.4 Å². The Morgan fingerprint density at radius 1 is 1.20 bits per heavy atom. The molecule has 0 aliphatic carbocycles. The van der Waals surface area contributed by atoms with Gasteiger partial charge in [0.15, 0.2) is 0 Å². The van der Waals surface area contributed by atoms with Crippen molar-refractivity contribution in [3.8, 4) is 0 Å². The van der Waals surface area contributed by atoms with E-state index in [9.17, 15) is 14.4 Å². The Morgan fingerprint density at radius 2 is 1.87 bits per heavy atom. The lowest BCUT2D eigenvalue weighted by Gasteiger charge is -2.31. The minimum absolute atomic E-state index is 0.0509. The third-order valence-corrected chi connectivity index (χ3v) is 5.37. The minimum atomic E-state index is -0.507. The number of anilines is 3. The normalized spacial score (nSPS) is 17.0. The number of hydrogen-bond donors (Lipinski definition) is 2. The molecule has 1 aliphatic rings. The van der Waals surface area contributed by atoms with Gasteiger partial charge in [-0.2, -0.15) is 0 Å². The third kappa shape index (κ3) is 4.86. The molecule has 158 valence electrons. The van der Waals surface area contributed by atoms with Crippen LogP contribution in [-0.2, 0) is 14.4 Å². The molecule has 3 rings (SSSR count). The second-order valence-corrected chi connectivity index (χ2v) is 7.83. The van der Waals surface area contributed by atoms with E-state index in [1.165, 1.54) is 0 Å². The van der Waals surface area contributed by atoms with Crippen LogP contribution in [-0.4, -0.2) is 48.3 Å². The first-order chi connectivity index (χ1) is 14.3. The lowest BCUT2D eigenvalue weighted by molar-refractivity contribution is -0.123. The zero-order valence-electron chi connectivity index (χ0n) is 17.8. The van der Waals surface area contributed by atoms with Crippen molar-refractivity contribution in [3.05, 3.63) is 54.1 Å². The Morgan fingerprint density at radius 3 is 2.57 bits per heavy atom. The van der Waals surface area contributed by atoms with Crippen molar-refractivity contribution >= 4 is 34.8 Å². The second kappa shape index (κ2) is 9.09. The van der Waals surface area contributed by atoms with Gasteiger partial charge in [0.25, 0.3) is 0 Å². The molecule has 2 aromatic rings. The number of para-hydroxylation sites is 2. The highest BCUT2D eigenvalue weighted by molar-refractivity contribution is 6.05. The van der Waals surface area contributed by atoms with Crippen molar-refractivity contribution in [1.82, 2.24) is 4.90 Å². The topological polar surface area (TPSA) is 81.8 Å². The summed E-state index contributed by atoms with van der Waals surface area (Å²) in [6, 6.07) is 14.0. The van der Waals surface area contributed by atoms with Crippen LogP contribution in [0.3, 0.4) is 0 Å². The van der Waals surface area contributed by atoms with Crippen molar-refractivity contribution in [3.63, 3.8) is 0 Å². The number of amides is 3. The number of hydrogen-bond acceptors (Lipinski definition) is 4. The summed E-state index contributed by atoms with van der Waals surface area (Å²) in [6.45, 7) is 5.66. The van der Waals surface area contributed by atoms with Crippen molar-refractivity contribution in [2.45, 2.75) is 39.3 Å². The van der Waals surface area contributed by atoms with Crippen LogP contribution in [0.5, 0.6) is 0 Å². The Bertz CT molecular complexity index is 942. The van der Waals surface area contributed by atoms with E-state index in [4.69, 9.17) is 0 Å². The summed E-state index contributed by atoms with van der Waals surface area (Å²) in [5.74, 6) is -0.469. The molecule has 30 heavy (non-hydrogen) atoms. The maximum absolute atomic E-state index is 13.2. The van der Waals surface area contributed by atoms with E-state index in [1.54, 1.807) is 29.8 Å². The maximum atomic E-state index is 13.2. The minimum Gasteiger partial charge on any atom is -0.325 e. The van der Waals surface area contributed by atoms with Crippen LogP contribution in [0.15, 0.2) is 48.5 Å². The number of likely N-dealkylation sites (N-methyl/N-ethyl adjacent to an activating group) is 1. The van der Waals surface area contributed by atoms with Crippen molar-refractivity contribution in [1.29, 1.82) is 0 Å². The number of aryl methyl sites for hydroxylation is 1. The van der Waals surface area contributed by atoms with Crippen molar-refractivity contribution in [2.75, 3.05) is 29.1 Å². The lowest BCUT2D eigenvalue weighted by Crippen LogP contribution is -2.48. The second-order valence-electron chi connectivity index (χ2n) is 7.83. The molecule has 1 aliphatic heterocycles. The first-order valence-electron chi connectivity index (χ1n) is 10.0. The molecule has 1 heterocycles. The summed E-state index contributed by atoms with van der Waals surface area (Å²) < 4.78 is 0. The first-order valence-corrected chi connectivity index (χ1v) is 10.0. The fourth-order valence-electron chi connectivity index (χ4n) is 3.48. The van der Waals surface area contributed by atoms with Gasteiger partial charge >= 0.3 is 0 Å². The summed E-state index contributed by atoms with van der Waals surface area (Å²) in [4.78, 5) is 41.3. The van der Waals surface area contributed by atoms with Gasteiger partial charge in [0.2, 0.25) is 17.7 Å². The molecule has 3 amide bonds. The lowest BCUT2D eigenvalue weighted by atomic mass is 10.1. The quantitative estimate of drug-likeness (QED) is 0.797. The van der Waals surface area contributed by atoms with Crippen LogP contribution in [0.2, 0.25) is 0 Å². The molecular formula is C23H28N4O3. The summed E-state index contributed by atoms with van der Waals surface area (Å²) in [5, 5.41) is 5.74. The first kappa shape index (κ1) is 21.5. The maximum Gasteiger partial charge on any atom is 0.241 e. The number of benzene rings is 2. The molecule has 2 aromatic carbocycles. The molecule has 7 heteroatoms. The molecule has 2 N–H and O–H groups in total. The van der Waals surface area contributed by atoms with Gasteiger partial charge in [-0.3, -0.25) is 19.3 Å².